The number of rotatable bonds is 8. The Hall–Kier alpha value is -2.04. The molecule has 28 heavy (non-hydrogen) atoms. The van der Waals surface area contributed by atoms with Crippen LogP contribution in [0.25, 0.3) is 0 Å². The van der Waals surface area contributed by atoms with Crippen LogP contribution in [-0.4, -0.2) is 28.8 Å². The van der Waals surface area contributed by atoms with Gasteiger partial charge in [-0.25, -0.2) is 0 Å². The molecule has 2 atom stereocenters. The van der Waals surface area contributed by atoms with Gasteiger partial charge in [-0.3, -0.25) is 9.59 Å². The highest BCUT2D eigenvalue weighted by atomic mass is 35.5. The Morgan fingerprint density at radius 3 is 2.29 bits per heavy atom. The monoisotopic (exact) mass is 420 g/mol. The van der Waals surface area contributed by atoms with Gasteiger partial charge in [0.15, 0.2) is 0 Å². The molecule has 150 valence electrons. The molecular formula is C22H26Cl2N2O2. The van der Waals surface area contributed by atoms with E-state index in [0.717, 1.165) is 17.5 Å². The van der Waals surface area contributed by atoms with Crippen molar-refractivity contribution in [3.8, 4) is 0 Å². The van der Waals surface area contributed by atoms with Gasteiger partial charge >= 0.3 is 0 Å². The predicted octanol–water partition coefficient (Wildman–Crippen LogP) is 4.87. The van der Waals surface area contributed by atoms with E-state index in [0.29, 0.717) is 16.6 Å². The first-order valence-corrected chi connectivity index (χ1v) is 10.1. The maximum Gasteiger partial charge on any atom is 0.242 e. The van der Waals surface area contributed by atoms with E-state index in [-0.39, 0.29) is 24.3 Å². The Balaban J connectivity index is 2.23. The summed E-state index contributed by atoms with van der Waals surface area (Å²) in [6, 6.07) is 14.0. The molecule has 0 heterocycles. The molecule has 0 radical (unpaired) electrons. The maximum atomic E-state index is 13.1. The highest BCUT2D eigenvalue weighted by Crippen LogP contribution is 2.19. The zero-order valence-corrected chi connectivity index (χ0v) is 17.9. The second kappa shape index (κ2) is 10.5. The minimum Gasteiger partial charge on any atom is -0.352 e. The molecule has 2 aromatic rings. The molecule has 0 aliphatic heterocycles. The number of hydrogen-bond donors (Lipinski definition) is 1. The third-order valence-corrected chi connectivity index (χ3v) is 5.35. The topological polar surface area (TPSA) is 49.4 Å². The molecule has 0 aromatic heterocycles. The maximum absolute atomic E-state index is 13.1. The highest BCUT2D eigenvalue weighted by molar-refractivity contribution is 6.31. The predicted molar refractivity (Wildman–Crippen MR) is 115 cm³/mol. The van der Waals surface area contributed by atoms with Crippen molar-refractivity contribution in [1.82, 2.24) is 10.2 Å². The van der Waals surface area contributed by atoms with Crippen molar-refractivity contribution in [1.29, 1.82) is 0 Å². The summed E-state index contributed by atoms with van der Waals surface area (Å²) < 4.78 is 0. The SMILES string of the molecule is CC[C@@H](C)NC(=O)[C@@H](C)N(Cc1ccc(Cl)cc1)C(=O)Cc1ccccc1Cl. The Labute approximate surface area is 176 Å². The van der Waals surface area contributed by atoms with Gasteiger partial charge in [0.2, 0.25) is 11.8 Å². The van der Waals surface area contributed by atoms with Gasteiger partial charge in [0, 0.05) is 22.6 Å². The molecule has 0 saturated carbocycles. The summed E-state index contributed by atoms with van der Waals surface area (Å²) in [5.74, 6) is -0.328. The van der Waals surface area contributed by atoms with Crippen molar-refractivity contribution in [3.63, 3.8) is 0 Å². The lowest BCUT2D eigenvalue weighted by atomic mass is 10.1. The molecular weight excluding hydrogens is 395 g/mol. The van der Waals surface area contributed by atoms with Crippen LogP contribution in [0.5, 0.6) is 0 Å². The summed E-state index contributed by atoms with van der Waals surface area (Å²) in [4.78, 5) is 27.4. The number of hydrogen-bond acceptors (Lipinski definition) is 2. The largest absolute Gasteiger partial charge is 0.352 e. The van der Waals surface area contributed by atoms with E-state index in [1.165, 1.54) is 0 Å². The van der Waals surface area contributed by atoms with E-state index in [1.54, 1.807) is 30.0 Å². The summed E-state index contributed by atoms with van der Waals surface area (Å²) >= 11 is 12.2. The molecule has 2 rings (SSSR count). The van der Waals surface area contributed by atoms with Gasteiger partial charge in [-0.1, -0.05) is 60.5 Å². The molecule has 0 aliphatic carbocycles. The van der Waals surface area contributed by atoms with Crippen molar-refractivity contribution in [2.45, 2.75) is 52.2 Å². The lowest BCUT2D eigenvalue weighted by Gasteiger charge is -2.30. The average Bonchev–Trinajstić information content (AvgIpc) is 2.68. The zero-order valence-electron chi connectivity index (χ0n) is 16.4. The first-order valence-electron chi connectivity index (χ1n) is 9.39. The van der Waals surface area contributed by atoms with Crippen LogP contribution in [-0.2, 0) is 22.6 Å². The second-order valence-electron chi connectivity index (χ2n) is 6.91. The van der Waals surface area contributed by atoms with Crippen LogP contribution in [0.2, 0.25) is 10.0 Å². The number of carbonyl (C=O) groups excluding carboxylic acids is 2. The van der Waals surface area contributed by atoms with Crippen molar-refractivity contribution < 1.29 is 9.59 Å². The van der Waals surface area contributed by atoms with E-state index in [2.05, 4.69) is 5.32 Å². The van der Waals surface area contributed by atoms with Crippen LogP contribution >= 0.6 is 23.2 Å². The molecule has 6 heteroatoms. The molecule has 0 bridgehead atoms. The van der Waals surface area contributed by atoms with Crippen LogP contribution in [0.4, 0.5) is 0 Å². The first-order chi connectivity index (χ1) is 13.3. The number of nitrogens with one attached hydrogen (secondary N) is 1. The summed E-state index contributed by atoms with van der Waals surface area (Å²) in [7, 11) is 0. The van der Waals surface area contributed by atoms with Crippen LogP contribution in [0.3, 0.4) is 0 Å². The zero-order chi connectivity index (χ0) is 20.7. The molecule has 0 spiro atoms. The fourth-order valence-corrected chi connectivity index (χ4v) is 3.07. The molecule has 0 saturated heterocycles. The minimum absolute atomic E-state index is 0.0472. The van der Waals surface area contributed by atoms with Gasteiger partial charge in [0.1, 0.15) is 6.04 Å². The number of amides is 2. The fourth-order valence-electron chi connectivity index (χ4n) is 2.74. The van der Waals surface area contributed by atoms with Crippen molar-refractivity contribution in [2.24, 2.45) is 0 Å². The number of halogens is 2. The normalized spacial score (nSPS) is 12.9. The van der Waals surface area contributed by atoms with Crippen molar-refractivity contribution >= 4 is 35.0 Å². The average molecular weight is 421 g/mol. The van der Waals surface area contributed by atoms with E-state index < -0.39 is 6.04 Å². The van der Waals surface area contributed by atoms with Crippen LogP contribution in [0.15, 0.2) is 48.5 Å². The fraction of sp³-hybridized carbons (Fsp3) is 0.364. The lowest BCUT2D eigenvalue weighted by Crippen LogP contribution is -2.49. The Morgan fingerprint density at radius 1 is 1.04 bits per heavy atom. The third-order valence-electron chi connectivity index (χ3n) is 4.73. The number of benzene rings is 2. The molecule has 1 N–H and O–H groups in total. The number of carbonyl (C=O) groups is 2. The van der Waals surface area contributed by atoms with Gasteiger partial charge in [0.25, 0.3) is 0 Å². The molecule has 0 fully saturated rings. The molecule has 2 amide bonds. The van der Waals surface area contributed by atoms with Crippen molar-refractivity contribution in [3.05, 3.63) is 69.7 Å². The van der Waals surface area contributed by atoms with E-state index >= 15 is 0 Å². The minimum atomic E-state index is -0.611. The van der Waals surface area contributed by atoms with E-state index in [1.807, 2.05) is 44.2 Å². The van der Waals surface area contributed by atoms with E-state index in [4.69, 9.17) is 23.2 Å². The Morgan fingerprint density at radius 2 is 1.68 bits per heavy atom. The van der Waals surface area contributed by atoms with Gasteiger partial charge in [-0.15, -0.1) is 0 Å². The molecule has 4 nitrogen and oxygen atoms in total. The van der Waals surface area contributed by atoms with Crippen LogP contribution < -0.4 is 5.32 Å². The smallest absolute Gasteiger partial charge is 0.242 e. The number of nitrogens with zero attached hydrogens (tertiary/aromatic N) is 1. The highest BCUT2D eigenvalue weighted by Gasteiger charge is 2.27. The van der Waals surface area contributed by atoms with E-state index in [9.17, 15) is 9.59 Å². The third kappa shape index (κ3) is 6.25. The quantitative estimate of drug-likeness (QED) is 0.661. The van der Waals surface area contributed by atoms with Crippen molar-refractivity contribution in [2.75, 3.05) is 0 Å². The standard InChI is InChI=1S/C22H26Cl2N2O2/c1-4-15(2)25-22(28)16(3)26(14-17-9-11-19(23)12-10-17)21(27)13-18-7-5-6-8-20(18)24/h5-12,15-16H,4,13-14H2,1-3H3,(H,25,28)/t15-,16-/m1/s1. The molecule has 0 unspecified atom stereocenters. The van der Waals surface area contributed by atoms with Gasteiger partial charge < -0.3 is 10.2 Å². The summed E-state index contributed by atoms with van der Waals surface area (Å²) in [5, 5.41) is 4.12. The van der Waals surface area contributed by atoms with Crippen LogP contribution in [0, 0.1) is 0 Å². The second-order valence-corrected chi connectivity index (χ2v) is 7.75. The Kier molecular flexibility index (Phi) is 8.34. The van der Waals surface area contributed by atoms with Gasteiger partial charge in [0.05, 0.1) is 6.42 Å². The van der Waals surface area contributed by atoms with Gasteiger partial charge in [-0.2, -0.15) is 0 Å². The van der Waals surface area contributed by atoms with Crippen LogP contribution in [0.1, 0.15) is 38.3 Å². The summed E-state index contributed by atoms with van der Waals surface area (Å²) in [6.07, 6.45) is 0.956. The lowest BCUT2D eigenvalue weighted by molar-refractivity contribution is -0.140. The Bertz CT molecular complexity index is 808. The van der Waals surface area contributed by atoms with Gasteiger partial charge in [-0.05, 0) is 49.6 Å². The summed E-state index contributed by atoms with van der Waals surface area (Å²) in [6.45, 7) is 6.01. The molecule has 2 aromatic carbocycles. The first kappa shape index (κ1) is 22.3. The summed E-state index contributed by atoms with van der Waals surface area (Å²) in [5.41, 5.74) is 1.64. The molecule has 0 aliphatic rings.